The third-order valence-corrected chi connectivity index (χ3v) is 6.65. The van der Waals surface area contributed by atoms with Crippen LogP contribution in [0.25, 0.3) is 32.7 Å². The molecule has 6 rings (SSSR count). The summed E-state index contributed by atoms with van der Waals surface area (Å²) in [4.78, 5) is 2.29. The SMILES string of the molecule is OB(O)c1ccc(-c2ccccc2N(c2ccc3ccccc3c2)c2ccc3ccccc3c2)cc1. The van der Waals surface area contributed by atoms with Gasteiger partial charge in [0.15, 0.2) is 0 Å². The van der Waals surface area contributed by atoms with Gasteiger partial charge >= 0.3 is 7.12 Å². The van der Waals surface area contributed by atoms with Crippen LogP contribution < -0.4 is 10.4 Å². The fourth-order valence-corrected chi connectivity index (χ4v) is 4.81. The lowest BCUT2D eigenvalue weighted by Crippen LogP contribution is -2.29. The van der Waals surface area contributed by atoms with Gasteiger partial charge in [0, 0.05) is 16.9 Å². The lowest BCUT2D eigenvalue weighted by atomic mass is 9.80. The summed E-state index contributed by atoms with van der Waals surface area (Å²) in [5, 5.41) is 23.9. The summed E-state index contributed by atoms with van der Waals surface area (Å²) in [6, 6.07) is 45.6. The van der Waals surface area contributed by atoms with Gasteiger partial charge in [-0.15, -0.1) is 0 Å². The number of rotatable bonds is 5. The third-order valence-electron chi connectivity index (χ3n) is 6.65. The first-order valence-corrected chi connectivity index (χ1v) is 12.0. The Balaban J connectivity index is 1.57. The average molecular weight is 465 g/mol. The van der Waals surface area contributed by atoms with Crippen molar-refractivity contribution in [1.82, 2.24) is 0 Å². The van der Waals surface area contributed by atoms with Crippen LogP contribution in [0.15, 0.2) is 133 Å². The van der Waals surface area contributed by atoms with Crippen LogP contribution in [0, 0.1) is 0 Å². The smallest absolute Gasteiger partial charge is 0.423 e. The van der Waals surface area contributed by atoms with Gasteiger partial charge in [0.25, 0.3) is 0 Å². The fourth-order valence-electron chi connectivity index (χ4n) is 4.81. The molecule has 36 heavy (non-hydrogen) atoms. The summed E-state index contributed by atoms with van der Waals surface area (Å²) in [6.07, 6.45) is 0. The maximum atomic E-state index is 9.55. The van der Waals surface area contributed by atoms with Crippen LogP contribution in [0.4, 0.5) is 17.1 Å². The molecule has 0 fully saturated rings. The van der Waals surface area contributed by atoms with Crippen molar-refractivity contribution in [1.29, 1.82) is 0 Å². The van der Waals surface area contributed by atoms with Gasteiger partial charge in [-0.2, -0.15) is 0 Å². The summed E-state index contributed by atoms with van der Waals surface area (Å²) >= 11 is 0. The number of benzene rings is 6. The van der Waals surface area contributed by atoms with Crippen LogP contribution in [0.3, 0.4) is 0 Å². The molecule has 0 atom stereocenters. The predicted molar refractivity (Wildman–Crippen MR) is 151 cm³/mol. The van der Waals surface area contributed by atoms with E-state index in [2.05, 4.69) is 108 Å². The van der Waals surface area contributed by atoms with Gasteiger partial charge in [-0.25, -0.2) is 0 Å². The van der Waals surface area contributed by atoms with Crippen LogP contribution >= 0.6 is 0 Å². The third kappa shape index (κ3) is 4.13. The highest BCUT2D eigenvalue weighted by Crippen LogP contribution is 2.42. The number of nitrogens with zero attached hydrogens (tertiary/aromatic N) is 1. The van der Waals surface area contributed by atoms with E-state index in [1.165, 1.54) is 21.5 Å². The molecule has 0 unspecified atom stereocenters. The first-order valence-electron chi connectivity index (χ1n) is 12.0. The van der Waals surface area contributed by atoms with Crippen molar-refractivity contribution in [2.75, 3.05) is 4.90 Å². The molecule has 0 saturated heterocycles. The first-order chi connectivity index (χ1) is 17.7. The molecule has 0 amide bonds. The Kier molecular flexibility index (Phi) is 5.74. The first kappa shape index (κ1) is 22.1. The molecule has 0 spiro atoms. The van der Waals surface area contributed by atoms with Crippen molar-refractivity contribution in [3.05, 3.63) is 133 Å². The number of hydrogen-bond donors (Lipinski definition) is 2. The molecular weight excluding hydrogens is 441 g/mol. The van der Waals surface area contributed by atoms with E-state index in [9.17, 15) is 10.0 Å². The van der Waals surface area contributed by atoms with Gasteiger partial charge in [-0.1, -0.05) is 103 Å². The summed E-state index contributed by atoms with van der Waals surface area (Å²) < 4.78 is 0. The number of hydrogen-bond acceptors (Lipinski definition) is 3. The maximum Gasteiger partial charge on any atom is 0.488 e. The molecule has 0 aliphatic heterocycles. The van der Waals surface area contributed by atoms with Crippen molar-refractivity contribution in [3.8, 4) is 11.1 Å². The Morgan fingerprint density at radius 3 is 1.53 bits per heavy atom. The molecule has 6 aromatic carbocycles. The van der Waals surface area contributed by atoms with Gasteiger partial charge in [-0.05, 0) is 62.9 Å². The monoisotopic (exact) mass is 465 g/mol. The molecule has 2 N–H and O–H groups in total. The van der Waals surface area contributed by atoms with Crippen LogP contribution in [0.1, 0.15) is 0 Å². The zero-order valence-electron chi connectivity index (χ0n) is 19.6. The predicted octanol–water partition coefficient (Wildman–Crippen LogP) is 6.81. The molecule has 6 aromatic rings. The largest absolute Gasteiger partial charge is 0.488 e. The molecule has 172 valence electrons. The molecule has 0 aliphatic rings. The van der Waals surface area contributed by atoms with E-state index in [1.807, 2.05) is 18.2 Å². The molecule has 0 aliphatic carbocycles. The summed E-state index contributed by atoms with van der Waals surface area (Å²) in [7, 11) is -1.49. The van der Waals surface area contributed by atoms with Gasteiger partial charge in [0.05, 0.1) is 5.69 Å². The van der Waals surface area contributed by atoms with E-state index in [1.54, 1.807) is 12.1 Å². The van der Waals surface area contributed by atoms with Crippen LogP contribution in [0.5, 0.6) is 0 Å². The minimum Gasteiger partial charge on any atom is -0.423 e. The van der Waals surface area contributed by atoms with Crippen molar-refractivity contribution in [2.45, 2.75) is 0 Å². The topological polar surface area (TPSA) is 43.7 Å². The number of anilines is 3. The van der Waals surface area contributed by atoms with Crippen LogP contribution in [-0.4, -0.2) is 17.2 Å². The molecule has 3 nitrogen and oxygen atoms in total. The van der Waals surface area contributed by atoms with E-state index in [0.29, 0.717) is 5.46 Å². The molecular formula is C32H24BNO2. The number of fused-ring (bicyclic) bond motifs is 2. The highest BCUT2D eigenvalue weighted by atomic mass is 16.4. The lowest BCUT2D eigenvalue weighted by molar-refractivity contribution is 0.426. The minimum absolute atomic E-state index is 0.470. The average Bonchev–Trinajstić information content (AvgIpc) is 2.93. The summed E-state index contributed by atoms with van der Waals surface area (Å²) in [5.41, 5.74) is 5.70. The molecule has 0 aromatic heterocycles. The Bertz CT molecular complexity index is 1600. The van der Waals surface area contributed by atoms with E-state index in [0.717, 1.165) is 28.2 Å². The lowest BCUT2D eigenvalue weighted by Gasteiger charge is -2.28. The van der Waals surface area contributed by atoms with Crippen LogP contribution in [-0.2, 0) is 0 Å². The van der Waals surface area contributed by atoms with Crippen molar-refractivity contribution in [3.63, 3.8) is 0 Å². The van der Waals surface area contributed by atoms with Gasteiger partial charge in [0.1, 0.15) is 0 Å². The van der Waals surface area contributed by atoms with E-state index in [4.69, 9.17) is 0 Å². The van der Waals surface area contributed by atoms with Crippen molar-refractivity contribution in [2.24, 2.45) is 0 Å². The molecule has 0 heterocycles. The second-order valence-corrected chi connectivity index (χ2v) is 8.91. The standard InChI is InChI=1S/C32H24BNO2/c35-33(36)28-17-13-25(14-18-28)31-11-5-6-12-32(31)34(29-19-15-23-7-1-3-9-26(23)21-29)30-20-16-24-8-2-4-10-27(24)22-30/h1-22,35-36H. The zero-order valence-corrected chi connectivity index (χ0v) is 19.6. The minimum atomic E-state index is -1.49. The van der Waals surface area contributed by atoms with Gasteiger partial charge in [0.2, 0.25) is 0 Å². The Morgan fingerprint density at radius 1 is 0.472 bits per heavy atom. The maximum absolute atomic E-state index is 9.55. The normalized spacial score (nSPS) is 11.1. The van der Waals surface area contributed by atoms with Crippen LogP contribution in [0.2, 0.25) is 0 Å². The van der Waals surface area contributed by atoms with E-state index in [-0.39, 0.29) is 0 Å². The Hall–Kier alpha value is -4.38. The van der Waals surface area contributed by atoms with E-state index < -0.39 is 7.12 Å². The molecule has 0 radical (unpaired) electrons. The Labute approximate surface area is 210 Å². The second-order valence-electron chi connectivity index (χ2n) is 8.91. The quantitative estimate of drug-likeness (QED) is 0.275. The highest BCUT2D eigenvalue weighted by Gasteiger charge is 2.18. The number of para-hydroxylation sites is 1. The molecule has 4 heteroatoms. The highest BCUT2D eigenvalue weighted by molar-refractivity contribution is 6.58. The molecule has 0 saturated carbocycles. The second kappa shape index (κ2) is 9.35. The van der Waals surface area contributed by atoms with E-state index >= 15 is 0 Å². The summed E-state index contributed by atoms with van der Waals surface area (Å²) in [6.45, 7) is 0. The van der Waals surface area contributed by atoms with Crippen molar-refractivity contribution >= 4 is 51.2 Å². The summed E-state index contributed by atoms with van der Waals surface area (Å²) in [5.74, 6) is 0. The van der Waals surface area contributed by atoms with Gasteiger partial charge in [-0.3, -0.25) is 0 Å². The fraction of sp³-hybridized carbons (Fsp3) is 0. The molecule has 0 bridgehead atoms. The zero-order chi connectivity index (χ0) is 24.5. The van der Waals surface area contributed by atoms with Crippen molar-refractivity contribution < 1.29 is 10.0 Å². The van der Waals surface area contributed by atoms with Gasteiger partial charge < -0.3 is 14.9 Å². The Morgan fingerprint density at radius 2 is 0.972 bits per heavy atom.